The first-order valence-corrected chi connectivity index (χ1v) is 11.3. The van der Waals surface area contributed by atoms with Crippen molar-refractivity contribution in [3.05, 3.63) is 114 Å². The van der Waals surface area contributed by atoms with Crippen LogP contribution in [-0.2, 0) is 11.3 Å². The molecule has 0 bridgehead atoms. The highest BCUT2D eigenvalue weighted by Crippen LogP contribution is 2.40. The molecule has 0 aliphatic carbocycles. The number of methoxy groups -OCH3 is 1. The number of ether oxygens (including phenoxy) is 1. The Morgan fingerprint density at radius 2 is 2.00 bits per heavy atom. The number of benzene rings is 1. The summed E-state index contributed by atoms with van der Waals surface area (Å²) in [6, 6.07) is 21.0. The summed E-state index contributed by atoms with van der Waals surface area (Å²) in [5, 5.41) is 4.14. The van der Waals surface area contributed by atoms with Crippen molar-refractivity contribution in [3.63, 3.8) is 0 Å². The van der Waals surface area contributed by atoms with E-state index >= 15 is 0 Å². The van der Waals surface area contributed by atoms with E-state index in [4.69, 9.17) is 17.0 Å². The summed E-state index contributed by atoms with van der Waals surface area (Å²) in [5.41, 5.74) is 4.34. The van der Waals surface area contributed by atoms with Crippen molar-refractivity contribution in [2.75, 3.05) is 7.11 Å². The van der Waals surface area contributed by atoms with Crippen molar-refractivity contribution in [3.8, 4) is 5.69 Å². The molecule has 8 heteroatoms. The Hall–Kier alpha value is -4.04. The standard InChI is InChI=1S/C26H23N5O2S/c1-33-25(32)19-8-4-9-20(15-19)30-14-6-11-22(30)24-23(21-10-2-3-13-28-21)29-26(34)31(24)17-18-7-5-12-27-16-18/h2-16,23-24H,17H2,1H3,(H,29,34)/t23-,24-/m0/s1. The van der Waals surface area contributed by atoms with Gasteiger partial charge in [0.25, 0.3) is 0 Å². The second-order valence-electron chi connectivity index (χ2n) is 7.96. The number of esters is 1. The van der Waals surface area contributed by atoms with E-state index < -0.39 is 0 Å². The van der Waals surface area contributed by atoms with Gasteiger partial charge in [-0.2, -0.15) is 0 Å². The first-order chi connectivity index (χ1) is 16.7. The third-order valence-corrected chi connectivity index (χ3v) is 6.25. The first-order valence-electron chi connectivity index (χ1n) is 10.9. The molecule has 1 aliphatic heterocycles. The molecule has 1 aliphatic rings. The van der Waals surface area contributed by atoms with Gasteiger partial charge >= 0.3 is 5.97 Å². The number of aromatic nitrogens is 3. The van der Waals surface area contributed by atoms with Crippen LogP contribution in [0.1, 0.15) is 39.4 Å². The Labute approximate surface area is 203 Å². The number of carbonyl (C=O) groups is 1. The molecule has 0 saturated carbocycles. The summed E-state index contributed by atoms with van der Waals surface area (Å²) in [5.74, 6) is -0.371. The first kappa shape index (κ1) is 21.8. The summed E-state index contributed by atoms with van der Waals surface area (Å²) < 4.78 is 7.00. The molecule has 0 radical (unpaired) electrons. The molecule has 170 valence electrons. The van der Waals surface area contributed by atoms with Crippen molar-refractivity contribution in [1.29, 1.82) is 0 Å². The van der Waals surface area contributed by atoms with Gasteiger partial charge in [-0.25, -0.2) is 4.79 Å². The Bertz CT molecular complexity index is 1310. The SMILES string of the molecule is COC(=O)c1cccc(-n2cccc2[C@H]2[C@H](c3ccccn3)NC(=S)N2Cc2cccnc2)c1. The highest BCUT2D eigenvalue weighted by Gasteiger charge is 2.41. The fraction of sp³-hybridized carbons (Fsp3) is 0.154. The summed E-state index contributed by atoms with van der Waals surface area (Å²) in [6.07, 6.45) is 7.40. The summed E-state index contributed by atoms with van der Waals surface area (Å²) in [6.45, 7) is 0.598. The molecule has 7 nitrogen and oxygen atoms in total. The Balaban J connectivity index is 1.59. The zero-order valence-electron chi connectivity index (χ0n) is 18.5. The number of hydrogen-bond donors (Lipinski definition) is 1. The average molecular weight is 470 g/mol. The molecule has 34 heavy (non-hydrogen) atoms. The summed E-state index contributed by atoms with van der Waals surface area (Å²) >= 11 is 5.79. The molecule has 1 aromatic carbocycles. The normalized spacial score (nSPS) is 17.4. The van der Waals surface area contributed by atoms with E-state index in [1.807, 2.05) is 67.0 Å². The quantitative estimate of drug-likeness (QED) is 0.335. The molecule has 3 aromatic heterocycles. The van der Waals surface area contributed by atoms with Crippen LogP contribution in [0.3, 0.4) is 0 Å². The van der Waals surface area contributed by atoms with Crippen LogP contribution in [0.15, 0.2) is 91.5 Å². The molecule has 1 saturated heterocycles. The van der Waals surface area contributed by atoms with Crippen LogP contribution < -0.4 is 5.32 Å². The third kappa shape index (κ3) is 4.15. The van der Waals surface area contributed by atoms with Gasteiger partial charge in [0.05, 0.1) is 30.5 Å². The lowest BCUT2D eigenvalue weighted by molar-refractivity contribution is 0.0600. The van der Waals surface area contributed by atoms with Gasteiger partial charge in [-0.15, -0.1) is 0 Å². The Morgan fingerprint density at radius 1 is 1.09 bits per heavy atom. The molecule has 1 fully saturated rings. The minimum atomic E-state index is -0.371. The van der Waals surface area contributed by atoms with Gasteiger partial charge in [0.15, 0.2) is 5.11 Å². The number of nitrogens with zero attached hydrogens (tertiary/aromatic N) is 4. The van der Waals surface area contributed by atoms with Gasteiger partial charge in [-0.05, 0) is 66.3 Å². The van der Waals surface area contributed by atoms with Gasteiger partial charge < -0.3 is 19.5 Å². The number of carbonyl (C=O) groups excluding carboxylic acids is 1. The molecule has 4 heterocycles. The molecular weight excluding hydrogens is 446 g/mol. The largest absolute Gasteiger partial charge is 0.465 e. The number of hydrogen-bond acceptors (Lipinski definition) is 5. The molecule has 0 spiro atoms. The van der Waals surface area contributed by atoms with E-state index in [1.165, 1.54) is 7.11 Å². The van der Waals surface area contributed by atoms with Crippen LogP contribution in [0.2, 0.25) is 0 Å². The smallest absolute Gasteiger partial charge is 0.337 e. The molecular formula is C26H23N5O2S. The lowest BCUT2D eigenvalue weighted by Crippen LogP contribution is -2.30. The van der Waals surface area contributed by atoms with Gasteiger partial charge in [-0.3, -0.25) is 9.97 Å². The zero-order chi connectivity index (χ0) is 23.5. The predicted molar refractivity (Wildman–Crippen MR) is 132 cm³/mol. The van der Waals surface area contributed by atoms with Gasteiger partial charge in [-0.1, -0.05) is 18.2 Å². The number of rotatable bonds is 6. The highest BCUT2D eigenvalue weighted by atomic mass is 32.1. The number of nitrogens with one attached hydrogen (secondary N) is 1. The Morgan fingerprint density at radius 3 is 2.76 bits per heavy atom. The van der Waals surface area contributed by atoms with Crippen molar-refractivity contribution < 1.29 is 9.53 Å². The van der Waals surface area contributed by atoms with Crippen LogP contribution in [0, 0.1) is 0 Å². The van der Waals surface area contributed by atoms with E-state index in [1.54, 1.807) is 18.5 Å². The molecule has 0 amide bonds. The maximum Gasteiger partial charge on any atom is 0.337 e. The topological polar surface area (TPSA) is 72.3 Å². The molecule has 2 atom stereocenters. The van der Waals surface area contributed by atoms with Crippen molar-refractivity contribution >= 4 is 23.3 Å². The fourth-order valence-corrected chi connectivity index (χ4v) is 4.66. The molecule has 5 rings (SSSR count). The number of pyridine rings is 2. The second-order valence-corrected chi connectivity index (χ2v) is 8.35. The van der Waals surface area contributed by atoms with Crippen LogP contribution >= 0.6 is 12.2 Å². The fourth-order valence-electron chi connectivity index (χ4n) is 4.36. The molecule has 1 N–H and O–H groups in total. The monoisotopic (exact) mass is 469 g/mol. The average Bonchev–Trinajstić information content (AvgIpc) is 3.49. The zero-order valence-corrected chi connectivity index (χ0v) is 19.4. The molecule has 4 aromatic rings. The van der Waals surface area contributed by atoms with Crippen molar-refractivity contribution in [2.24, 2.45) is 0 Å². The van der Waals surface area contributed by atoms with Crippen LogP contribution in [-0.4, -0.2) is 37.6 Å². The van der Waals surface area contributed by atoms with Gasteiger partial charge in [0.1, 0.15) is 0 Å². The van der Waals surface area contributed by atoms with Gasteiger partial charge in [0, 0.05) is 42.7 Å². The minimum absolute atomic E-state index is 0.139. The van der Waals surface area contributed by atoms with Crippen molar-refractivity contribution in [2.45, 2.75) is 18.6 Å². The van der Waals surface area contributed by atoms with Crippen molar-refractivity contribution in [1.82, 2.24) is 24.8 Å². The predicted octanol–water partition coefficient (Wildman–Crippen LogP) is 4.23. The second kappa shape index (κ2) is 9.44. The van der Waals surface area contributed by atoms with Crippen LogP contribution in [0.4, 0.5) is 0 Å². The Kier molecular flexibility index (Phi) is 6.05. The minimum Gasteiger partial charge on any atom is -0.465 e. The van der Waals surface area contributed by atoms with Gasteiger partial charge in [0.2, 0.25) is 0 Å². The van der Waals surface area contributed by atoms with E-state index in [2.05, 4.69) is 30.8 Å². The van der Waals surface area contributed by atoms with E-state index in [0.29, 0.717) is 17.2 Å². The lowest BCUT2D eigenvalue weighted by atomic mass is 10.0. The maximum absolute atomic E-state index is 12.1. The van der Waals surface area contributed by atoms with Crippen LogP contribution in [0.5, 0.6) is 0 Å². The lowest BCUT2D eigenvalue weighted by Gasteiger charge is -2.29. The number of thiocarbonyl (C=S) groups is 1. The van der Waals surface area contributed by atoms with Crippen LogP contribution in [0.25, 0.3) is 5.69 Å². The third-order valence-electron chi connectivity index (χ3n) is 5.90. The summed E-state index contributed by atoms with van der Waals surface area (Å²) in [7, 11) is 1.38. The van der Waals surface area contributed by atoms with E-state index in [9.17, 15) is 4.79 Å². The highest BCUT2D eigenvalue weighted by molar-refractivity contribution is 7.80. The summed E-state index contributed by atoms with van der Waals surface area (Å²) in [4.78, 5) is 23.2. The van der Waals surface area contributed by atoms with E-state index in [0.717, 1.165) is 22.6 Å². The maximum atomic E-state index is 12.1. The molecule has 0 unspecified atom stereocenters. The van der Waals surface area contributed by atoms with E-state index in [-0.39, 0.29) is 18.1 Å².